The van der Waals surface area contributed by atoms with Crippen molar-refractivity contribution in [3.63, 3.8) is 0 Å². The van der Waals surface area contributed by atoms with Gasteiger partial charge in [0, 0.05) is 18.8 Å². The van der Waals surface area contributed by atoms with Gasteiger partial charge in [-0.15, -0.1) is 0 Å². The molecule has 0 heterocycles. The Bertz CT molecular complexity index is 803. The maximum Gasteiger partial charge on any atom is 0.303 e. The van der Waals surface area contributed by atoms with E-state index in [1.54, 1.807) is 12.5 Å². The highest BCUT2D eigenvalue weighted by molar-refractivity contribution is 5.93. The van der Waals surface area contributed by atoms with Gasteiger partial charge in [-0.1, -0.05) is 19.4 Å². The van der Waals surface area contributed by atoms with Gasteiger partial charge >= 0.3 is 5.97 Å². The highest BCUT2D eigenvalue weighted by Gasteiger charge is 2.62. The van der Waals surface area contributed by atoms with Crippen LogP contribution >= 0.6 is 0 Å². The van der Waals surface area contributed by atoms with Gasteiger partial charge in [0.05, 0.1) is 0 Å². The minimum Gasteiger partial charge on any atom is -0.455 e. The summed E-state index contributed by atoms with van der Waals surface area (Å²) >= 11 is 0. The molecule has 4 aliphatic rings. The summed E-state index contributed by atoms with van der Waals surface area (Å²) in [5.74, 6) is 1.01. The Balaban J connectivity index is 1.65. The second-order valence-electron chi connectivity index (χ2n) is 9.80. The molecule has 0 unspecified atom stereocenters. The first-order valence-electron chi connectivity index (χ1n) is 10.8. The number of rotatable bonds is 3. The standard InChI is InChI=1S/C24H32O4/c1-14(28-15(2)25)22(27)24(4)12-10-21-20-7-5-16-13-17(26)6-8-18(16)19(20)9-11-23(21,24)3/h13-14,20-21H,5-12H2,1-4H3/t14-,20+,21-,23-,24+/m0/s1. The molecular weight excluding hydrogens is 352 g/mol. The molecule has 0 radical (unpaired) electrons. The Morgan fingerprint density at radius 3 is 2.57 bits per heavy atom. The van der Waals surface area contributed by atoms with Crippen molar-refractivity contribution in [2.24, 2.45) is 22.7 Å². The third kappa shape index (κ3) is 2.74. The third-order valence-corrected chi connectivity index (χ3v) is 8.59. The van der Waals surface area contributed by atoms with Crippen LogP contribution in [0.4, 0.5) is 0 Å². The molecule has 0 aromatic heterocycles. The van der Waals surface area contributed by atoms with Crippen LogP contribution in [0.5, 0.6) is 0 Å². The number of allylic oxidation sites excluding steroid dienone is 4. The molecule has 2 fully saturated rings. The summed E-state index contributed by atoms with van der Waals surface area (Å²) in [4.78, 5) is 36.6. The monoisotopic (exact) mass is 384 g/mol. The molecule has 0 aromatic carbocycles. The summed E-state index contributed by atoms with van der Waals surface area (Å²) < 4.78 is 5.26. The Hall–Kier alpha value is -1.71. The van der Waals surface area contributed by atoms with Crippen molar-refractivity contribution in [3.05, 3.63) is 22.8 Å². The number of carbonyl (C=O) groups is 3. The molecule has 0 amide bonds. The van der Waals surface area contributed by atoms with Crippen LogP contribution in [-0.2, 0) is 19.1 Å². The first-order valence-corrected chi connectivity index (χ1v) is 10.8. The molecule has 0 aromatic rings. The molecule has 4 heteroatoms. The molecular formula is C24H32O4. The first-order chi connectivity index (χ1) is 13.2. The number of fused-ring (bicyclic) bond motifs is 4. The van der Waals surface area contributed by atoms with Crippen molar-refractivity contribution in [2.75, 3.05) is 0 Å². The lowest BCUT2D eigenvalue weighted by atomic mass is 9.51. The molecule has 0 aliphatic heterocycles. The Morgan fingerprint density at radius 2 is 1.86 bits per heavy atom. The smallest absolute Gasteiger partial charge is 0.303 e. The van der Waals surface area contributed by atoms with Crippen molar-refractivity contribution in [3.8, 4) is 0 Å². The lowest BCUT2D eigenvalue weighted by Crippen LogP contribution is -2.50. The van der Waals surface area contributed by atoms with Gasteiger partial charge in [0.15, 0.2) is 17.7 Å². The molecule has 4 aliphatic carbocycles. The highest BCUT2D eigenvalue weighted by Crippen LogP contribution is 2.67. The zero-order chi connectivity index (χ0) is 20.3. The van der Waals surface area contributed by atoms with Crippen LogP contribution in [0.2, 0.25) is 0 Å². The van der Waals surface area contributed by atoms with Crippen molar-refractivity contribution in [1.82, 2.24) is 0 Å². The zero-order valence-corrected chi connectivity index (χ0v) is 17.6. The summed E-state index contributed by atoms with van der Waals surface area (Å²) in [7, 11) is 0. The van der Waals surface area contributed by atoms with Crippen LogP contribution in [0.15, 0.2) is 22.8 Å². The fourth-order valence-corrected chi connectivity index (χ4v) is 6.96. The molecule has 0 saturated heterocycles. The maximum atomic E-state index is 13.4. The average molecular weight is 385 g/mol. The number of carbonyl (C=O) groups excluding carboxylic acids is 3. The summed E-state index contributed by atoms with van der Waals surface area (Å²) in [6.45, 7) is 7.51. The second kappa shape index (κ2) is 6.67. The fourth-order valence-electron chi connectivity index (χ4n) is 6.96. The summed E-state index contributed by atoms with van der Waals surface area (Å²) in [6, 6.07) is 0. The van der Waals surface area contributed by atoms with Crippen molar-refractivity contribution in [1.29, 1.82) is 0 Å². The molecule has 0 bridgehead atoms. The SMILES string of the molecule is CC(=O)O[C@@H](C)C(=O)[C@@]1(C)CC[C@H]2[C@@H]3CCC4=CC(=O)CCC4=C3CC[C@@]21C. The largest absolute Gasteiger partial charge is 0.455 e. The zero-order valence-electron chi connectivity index (χ0n) is 17.6. The van der Waals surface area contributed by atoms with Crippen molar-refractivity contribution >= 4 is 17.5 Å². The van der Waals surface area contributed by atoms with Crippen LogP contribution in [0.25, 0.3) is 0 Å². The molecule has 28 heavy (non-hydrogen) atoms. The summed E-state index contributed by atoms with van der Waals surface area (Å²) in [5.41, 5.74) is 3.83. The molecule has 5 atom stereocenters. The first kappa shape index (κ1) is 19.6. The predicted molar refractivity (Wildman–Crippen MR) is 106 cm³/mol. The second-order valence-corrected chi connectivity index (χ2v) is 9.80. The van der Waals surface area contributed by atoms with E-state index in [9.17, 15) is 14.4 Å². The van der Waals surface area contributed by atoms with Gasteiger partial charge in [0.2, 0.25) is 0 Å². The van der Waals surface area contributed by atoms with Crippen LogP contribution < -0.4 is 0 Å². The average Bonchev–Trinajstić information content (AvgIpc) is 2.92. The van der Waals surface area contributed by atoms with E-state index in [1.165, 1.54) is 18.1 Å². The van der Waals surface area contributed by atoms with E-state index < -0.39 is 17.5 Å². The third-order valence-electron chi connectivity index (χ3n) is 8.59. The number of hydrogen-bond donors (Lipinski definition) is 0. The van der Waals surface area contributed by atoms with E-state index >= 15 is 0 Å². The number of hydrogen-bond acceptors (Lipinski definition) is 4. The van der Waals surface area contributed by atoms with E-state index in [-0.39, 0.29) is 17.0 Å². The van der Waals surface area contributed by atoms with E-state index in [1.807, 2.05) is 6.08 Å². The molecule has 152 valence electrons. The van der Waals surface area contributed by atoms with E-state index in [4.69, 9.17) is 4.74 Å². The predicted octanol–water partition coefficient (Wildman–Crippen LogP) is 4.72. The van der Waals surface area contributed by atoms with Crippen LogP contribution in [0, 0.1) is 22.7 Å². The van der Waals surface area contributed by atoms with Gasteiger partial charge in [0.1, 0.15) is 0 Å². The lowest BCUT2D eigenvalue weighted by molar-refractivity contribution is -0.159. The van der Waals surface area contributed by atoms with E-state index in [2.05, 4.69) is 13.8 Å². The topological polar surface area (TPSA) is 60.4 Å². The Morgan fingerprint density at radius 1 is 1.11 bits per heavy atom. The number of esters is 1. The van der Waals surface area contributed by atoms with Crippen LogP contribution in [0.1, 0.15) is 79.1 Å². The number of Topliss-reactive ketones (excluding diaryl/α,β-unsaturated/α-hetero) is 1. The van der Waals surface area contributed by atoms with Crippen LogP contribution in [0.3, 0.4) is 0 Å². The van der Waals surface area contributed by atoms with Crippen molar-refractivity contribution in [2.45, 2.75) is 85.2 Å². The van der Waals surface area contributed by atoms with Gasteiger partial charge in [-0.2, -0.15) is 0 Å². The highest BCUT2D eigenvalue weighted by atomic mass is 16.5. The fraction of sp³-hybridized carbons (Fsp3) is 0.708. The Labute approximate surface area is 167 Å². The molecule has 4 nitrogen and oxygen atoms in total. The quantitative estimate of drug-likeness (QED) is 0.661. The number of ether oxygens (including phenoxy) is 1. The van der Waals surface area contributed by atoms with E-state index in [0.29, 0.717) is 18.3 Å². The van der Waals surface area contributed by atoms with Crippen molar-refractivity contribution < 1.29 is 19.1 Å². The summed E-state index contributed by atoms with van der Waals surface area (Å²) in [6.07, 6.45) is 8.82. The normalized spacial score (nSPS) is 38.1. The van der Waals surface area contributed by atoms with Crippen LogP contribution in [-0.4, -0.2) is 23.6 Å². The van der Waals surface area contributed by atoms with Gasteiger partial charge in [-0.25, -0.2) is 0 Å². The van der Waals surface area contributed by atoms with Gasteiger partial charge < -0.3 is 4.74 Å². The molecule has 0 N–H and O–H groups in total. The molecule has 0 spiro atoms. The summed E-state index contributed by atoms with van der Waals surface area (Å²) in [5, 5.41) is 0. The minimum atomic E-state index is -0.678. The maximum absolute atomic E-state index is 13.4. The number of ketones is 2. The van der Waals surface area contributed by atoms with Gasteiger partial charge in [0.25, 0.3) is 0 Å². The Kier molecular flexibility index (Phi) is 4.67. The lowest BCUT2D eigenvalue weighted by Gasteiger charge is -2.52. The van der Waals surface area contributed by atoms with Gasteiger partial charge in [-0.3, -0.25) is 14.4 Å². The molecule has 4 rings (SSSR count). The van der Waals surface area contributed by atoms with Gasteiger partial charge in [-0.05, 0) is 86.3 Å². The molecule has 2 saturated carbocycles. The minimum absolute atomic E-state index is 0.0566. The van der Waals surface area contributed by atoms with E-state index in [0.717, 1.165) is 44.9 Å².